The molecule has 2 atom stereocenters. The lowest BCUT2D eigenvalue weighted by Gasteiger charge is -2.26. The molecule has 0 radical (unpaired) electrons. The van der Waals surface area contributed by atoms with Gasteiger partial charge < -0.3 is 15.4 Å². The molecule has 136 valence electrons. The van der Waals surface area contributed by atoms with Crippen LogP contribution < -0.4 is 10.9 Å². The second-order valence-electron chi connectivity index (χ2n) is 6.82. The zero-order chi connectivity index (χ0) is 18.4. The smallest absolute Gasteiger partial charge is 0.260 e. The average molecular weight is 370 g/mol. The van der Waals surface area contributed by atoms with E-state index in [1.54, 1.807) is 4.57 Å². The van der Waals surface area contributed by atoms with E-state index < -0.39 is 6.04 Å². The lowest BCUT2D eigenvalue weighted by atomic mass is 9.95. The first-order chi connectivity index (χ1) is 12.5. The van der Waals surface area contributed by atoms with E-state index in [0.29, 0.717) is 5.56 Å². The summed E-state index contributed by atoms with van der Waals surface area (Å²) < 4.78 is 1.88. The van der Waals surface area contributed by atoms with Crippen molar-refractivity contribution < 1.29 is 5.11 Å². The van der Waals surface area contributed by atoms with Gasteiger partial charge in [-0.3, -0.25) is 14.3 Å². The fourth-order valence-corrected chi connectivity index (χ4v) is 4.19. The molecule has 26 heavy (non-hydrogen) atoms. The van der Waals surface area contributed by atoms with Crippen LogP contribution >= 0.6 is 12.2 Å². The average Bonchev–Trinajstić information content (AvgIpc) is 3.00. The Morgan fingerprint density at radius 1 is 1.35 bits per heavy atom. The monoisotopic (exact) mass is 370 g/mol. The minimum Gasteiger partial charge on any atom is -0.494 e. The number of aromatic hydroxyl groups is 1. The van der Waals surface area contributed by atoms with Crippen LogP contribution in [-0.2, 0) is 6.42 Å². The highest BCUT2D eigenvalue weighted by Gasteiger charge is 2.31. The van der Waals surface area contributed by atoms with Crippen LogP contribution in [-0.4, -0.2) is 26.2 Å². The summed E-state index contributed by atoms with van der Waals surface area (Å²) in [6, 6.07) is 7.70. The topological polar surface area (TPSA) is 85.8 Å². The molecule has 0 unspecified atom stereocenters. The zero-order valence-corrected chi connectivity index (χ0v) is 15.6. The van der Waals surface area contributed by atoms with E-state index in [2.05, 4.69) is 21.4 Å². The van der Waals surface area contributed by atoms with Crippen molar-refractivity contribution in [3.8, 4) is 5.88 Å². The van der Waals surface area contributed by atoms with Crippen molar-refractivity contribution in [1.29, 1.82) is 0 Å². The Bertz CT molecular complexity index is 1100. The van der Waals surface area contributed by atoms with Gasteiger partial charge in [-0.15, -0.1) is 0 Å². The molecule has 0 fully saturated rings. The van der Waals surface area contributed by atoms with Gasteiger partial charge in [-0.2, -0.15) is 0 Å². The quantitative estimate of drug-likeness (QED) is 0.533. The summed E-state index contributed by atoms with van der Waals surface area (Å²) in [6.45, 7) is 4.73. The first-order valence-corrected chi connectivity index (χ1v) is 9.34. The molecule has 0 amide bonds. The minimum atomic E-state index is -0.402. The summed E-state index contributed by atoms with van der Waals surface area (Å²) in [5.74, 6) is -0.0582. The van der Waals surface area contributed by atoms with Gasteiger partial charge in [0.1, 0.15) is 5.56 Å². The van der Waals surface area contributed by atoms with E-state index in [4.69, 9.17) is 12.2 Å². The molecule has 0 saturated heterocycles. The number of aromatic nitrogens is 3. The summed E-state index contributed by atoms with van der Waals surface area (Å²) in [4.78, 5) is 18.9. The number of nitrogens with zero attached hydrogens (tertiary/aromatic N) is 1. The molecule has 1 aromatic carbocycles. The number of fused-ring (bicyclic) bond motifs is 3. The summed E-state index contributed by atoms with van der Waals surface area (Å²) in [6.07, 6.45) is 1.67. The molecule has 1 aliphatic heterocycles. The molecule has 0 spiro atoms. The van der Waals surface area contributed by atoms with E-state index in [0.717, 1.165) is 30.6 Å². The van der Waals surface area contributed by atoms with E-state index in [9.17, 15) is 9.90 Å². The Balaban J connectivity index is 1.96. The molecular formula is C19H22N4O2S. The second-order valence-corrected chi connectivity index (χ2v) is 7.21. The summed E-state index contributed by atoms with van der Waals surface area (Å²) in [5.41, 5.74) is 3.13. The van der Waals surface area contributed by atoms with E-state index in [1.807, 2.05) is 32.0 Å². The molecule has 7 heteroatoms. The van der Waals surface area contributed by atoms with Crippen molar-refractivity contribution >= 4 is 23.1 Å². The molecule has 3 aromatic rings. The number of hydrogen-bond donors (Lipinski definition) is 4. The van der Waals surface area contributed by atoms with Crippen LogP contribution in [0.3, 0.4) is 0 Å². The highest BCUT2D eigenvalue weighted by Crippen LogP contribution is 2.35. The lowest BCUT2D eigenvalue weighted by Crippen LogP contribution is -2.35. The van der Waals surface area contributed by atoms with Crippen molar-refractivity contribution in [3.63, 3.8) is 0 Å². The number of H-pyrrole nitrogens is 2. The highest BCUT2D eigenvalue weighted by molar-refractivity contribution is 7.71. The van der Waals surface area contributed by atoms with Crippen molar-refractivity contribution in [3.05, 3.63) is 56.2 Å². The van der Waals surface area contributed by atoms with E-state index in [-0.39, 0.29) is 22.3 Å². The first-order valence-electron chi connectivity index (χ1n) is 8.93. The predicted octanol–water partition coefficient (Wildman–Crippen LogP) is 3.30. The summed E-state index contributed by atoms with van der Waals surface area (Å²) >= 11 is 5.28. The molecule has 4 N–H and O–H groups in total. The van der Waals surface area contributed by atoms with Crippen molar-refractivity contribution in [2.75, 3.05) is 6.54 Å². The van der Waals surface area contributed by atoms with Crippen LogP contribution in [0, 0.1) is 4.77 Å². The normalized spacial score (nSPS) is 18.0. The molecule has 2 aromatic heterocycles. The van der Waals surface area contributed by atoms with Gasteiger partial charge in [0, 0.05) is 29.2 Å². The Morgan fingerprint density at radius 3 is 2.88 bits per heavy atom. The lowest BCUT2D eigenvalue weighted by molar-refractivity contribution is 0.358. The molecule has 4 rings (SSSR count). The number of para-hydroxylation sites is 1. The van der Waals surface area contributed by atoms with Crippen LogP contribution in [0.15, 0.2) is 29.1 Å². The van der Waals surface area contributed by atoms with Gasteiger partial charge in [-0.1, -0.05) is 25.1 Å². The van der Waals surface area contributed by atoms with Crippen LogP contribution in [0.4, 0.5) is 0 Å². The Kier molecular flexibility index (Phi) is 4.20. The van der Waals surface area contributed by atoms with Crippen LogP contribution in [0.2, 0.25) is 0 Å². The van der Waals surface area contributed by atoms with Gasteiger partial charge in [0.2, 0.25) is 5.88 Å². The minimum absolute atomic E-state index is 0.0103. The van der Waals surface area contributed by atoms with Gasteiger partial charge in [-0.25, -0.2) is 0 Å². The van der Waals surface area contributed by atoms with E-state index >= 15 is 0 Å². The molecule has 3 heterocycles. The molecule has 1 aliphatic rings. The van der Waals surface area contributed by atoms with Gasteiger partial charge in [-0.05, 0) is 43.6 Å². The molecule has 0 bridgehead atoms. The number of rotatable bonds is 3. The third-order valence-corrected chi connectivity index (χ3v) is 5.63. The Labute approximate surface area is 155 Å². The number of benzene rings is 1. The van der Waals surface area contributed by atoms with Gasteiger partial charge in [0.25, 0.3) is 5.56 Å². The van der Waals surface area contributed by atoms with Crippen LogP contribution in [0.25, 0.3) is 10.9 Å². The van der Waals surface area contributed by atoms with Crippen LogP contribution in [0.5, 0.6) is 5.88 Å². The Morgan fingerprint density at radius 2 is 2.12 bits per heavy atom. The van der Waals surface area contributed by atoms with E-state index in [1.165, 1.54) is 10.9 Å². The number of nitrogens with one attached hydrogen (secondary N) is 3. The Hall–Kier alpha value is -2.38. The van der Waals surface area contributed by atoms with Gasteiger partial charge in [0.05, 0.1) is 6.04 Å². The second kappa shape index (κ2) is 6.41. The molecule has 0 aliphatic carbocycles. The fraction of sp³-hybridized carbons (Fsp3) is 0.368. The largest absolute Gasteiger partial charge is 0.494 e. The third-order valence-electron chi connectivity index (χ3n) is 5.33. The molecule has 6 nitrogen and oxygen atoms in total. The van der Waals surface area contributed by atoms with Crippen molar-refractivity contribution in [2.45, 2.75) is 38.8 Å². The van der Waals surface area contributed by atoms with Crippen molar-refractivity contribution in [2.24, 2.45) is 0 Å². The third kappa shape index (κ3) is 2.50. The highest BCUT2D eigenvalue weighted by atomic mass is 32.1. The fourth-order valence-electron chi connectivity index (χ4n) is 3.83. The predicted molar refractivity (Wildman–Crippen MR) is 104 cm³/mol. The first kappa shape index (κ1) is 17.1. The van der Waals surface area contributed by atoms with Crippen molar-refractivity contribution in [1.82, 2.24) is 19.9 Å². The zero-order valence-electron chi connectivity index (χ0n) is 14.8. The maximum absolute atomic E-state index is 12.7. The van der Waals surface area contributed by atoms with Gasteiger partial charge >= 0.3 is 0 Å². The molecule has 0 saturated carbocycles. The molecular weight excluding hydrogens is 348 g/mol. The summed E-state index contributed by atoms with van der Waals surface area (Å²) in [5, 5.41) is 15.5. The van der Waals surface area contributed by atoms with Gasteiger partial charge in [0.15, 0.2) is 4.77 Å². The van der Waals surface area contributed by atoms with Crippen LogP contribution in [0.1, 0.15) is 49.2 Å². The standard InChI is InChI=1S/C19H22N4O2S/c1-3-10(2)23-18(25)14(17(24)22-19(23)26)16-15-12(8-9-20-16)11-6-4-5-7-13(11)21-15/h4-7,10,16,20-21,25H,3,8-9H2,1-2H3,(H,22,24,26)/t10-,16+/m1/s1. The maximum Gasteiger partial charge on any atom is 0.260 e. The summed E-state index contributed by atoms with van der Waals surface area (Å²) in [7, 11) is 0. The number of aromatic amines is 2. The SMILES string of the molecule is CC[C@@H](C)n1c(O)c([C@@H]2NCCc3c2[nH]c2ccccc32)c(=O)[nH]c1=S. The number of hydrogen-bond acceptors (Lipinski definition) is 4. The maximum atomic E-state index is 12.7.